The normalized spacial score (nSPS) is 21.5. The van der Waals surface area contributed by atoms with Crippen molar-refractivity contribution in [3.8, 4) is 5.75 Å². The van der Waals surface area contributed by atoms with Crippen LogP contribution in [0.25, 0.3) is 0 Å². The largest absolute Gasteiger partial charge is 0.573 e. The maximum absolute atomic E-state index is 13.2. The minimum absolute atomic E-state index is 0.177. The highest BCUT2D eigenvalue weighted by atomic mass is 35.5. The summed E-state index contributed by atoms with van der Waals surface area (Å²) in [6, 6.07) is 9.60. The van der Waals surface area contributed by atoms with Crippen molar-refractivity contribution < 1.29 is 22.7 Å². The molecule has 184 valence electrons. The number of pyridine rings is 1. The SMILES string of the molecule is O=C(c1cscn1)N(Cc1cccc(OC(F)(F)F)c1)CC1C2CN(Cc3cccnc3Cl)CC21. The number of carbonyl (C=O) groups is 1. The van der Waals surface area contributed by atoms with Gasteiger partial charge in [-0.15, -0.1) is 24.5 Å². The van der Waals surface area contributed by atoms with E-state index in [1.54, 1.807) is 28.1 Å². The molecular formula is C24H22ClF3N4O2S. The molecule has 6 nitrogen and oxygen atoms in total. The second-order valence-corrected chi connectivity index (χ2v) is 9.97. The fraction of sp³-hybridized carbons (Fsp3) is 0.375. The molecule has 1 aliphatic heterocycles. The van der Waals surface area contributed by atoms with Crippen LogP contribution in [0.1, 0.15) is 21.6 Å². The number of alkyl halides is 3. The molecule has 1 saturated heterocycles. The van der Waals surface area contributed by atoms with Gasteiger partial charge < -0.3 is 9.64 Å². The third-order valence-corrected chi connectivity index (χ3v) is 7.48. The van der Waals surface area contributed by atoms with Crippen LogP contribution in [0.15, 0.2) is 53.5 Å². The Labute approximate surface area is 209 Å². The van der Waals surface area contributed by atoms with Crippen LogP contribution in [0.5, 0.6) is 5.75 Å². The number of hydrogen-bond acceptors (Lipinski definition) is 6. The van der Waals surface area contributed by atoms with Gasteiger partial charge in [0, 0.05) is 49.9 Å². The molecule has 3 heterocycles. The van der Waals surface area contributed by atoms with Crippen LogP contribution >= 0.6 is 22.9 Å². The molecule has 0 bridgehead atoms. The number of rotatable bonds is 8. The first-order valence-electron chi connectivity index (χ1n) is 11.1. The lowest BCUT2D eigenvalue weighted by Gasteiger charge is -2.25. The zero-order valence-corrected chi connectivity index (χ0v) is 20.1. The lowest BCUT2D eigenvalue weighted by molar-refractivity contribution is -0.274. The highest BCUT2D eigenvalue weighted by molar-refractivity contribution is 7.07. The van der Waals surface area contributed by atoms with Gasteiger partial charge in [-0.3, -0.25) is 9.69 Å². The summed E-state index contributed by atoms with van der Waals surface area (Å²) in [7, 11) is 0. The van der Waals surface area contributed by atoms with E-state index in [0.717, 1.165) is 25.2 Å². The molecule has 0 radical (unpaired) electrons. The number of ether oxygens (including phenoxy) is 1. The first kappa shape index (κ1) is 24.0. The lowest BCUT2D eigenvalue weighted by Crippen LogP contribution is -2.35. The summed E-state index contributed by atoms with van der Waals surface area (Å²) < 4.78 is 42.0. The first-order chi connectivity index (χ1) is 16.8. The van der Waals surface area contributed by atoms with Crippen LogP contribution in [0, 0.1) is 17.8 Å². The number of fused-ring (bicyclic) bond motifs is 1. The summed E-state index contributed by atoms with van der Waals surface area (Å²) in [5.41, 5.74) is 3.50. The number of amides is 1. The van der Waals surface area contributed by atoms with Crippen LogP contribution in [-0.2, 0) is 13.1 Å². The molecule has 2 unspecified atom stereocenters. The van der Waals surface area contributed by atoms with Crippen molar-refractivity contribution in [3.05, 3.63) is 75.5 Å². The molecule has 2 aliphatic rings. The lowest BCUT2D eigenvalue weighted by atomic mass is 10.1. The Morgan fingerprint density at radius 2 is 2.00 bits per heavy atom. The smallest absolute Gasteiger partial charge is 0.406 e. The van der Waals surface area contributed by atoms with E-state index < -0.39 is 6.36 Å². The minimum atomic E-state index is -4.77. The van der Waals surface area contributed by atoms with Gasteiger partial charge in [-0.2, -0.15) is 0 Å². The fourth-order valence-electron chi connectivity index (χ4n) is 4.93. The van der Waals surface area contributed by atoms with E-state index in [0.29, 0.717) is 40.7 Å². The maximum atomic E-state index is 13.2. The highest BCUT2D eigenvalue weighted by Crippen LogP contribution is 2.52. The molecule has 3 aromatic rings. The van der Waals surface area contributed by atoms with Crippen LogP contribution in [0.3, 0.4) is 0 Å². The van der Waals surface area contributed by atoms with E-state index in [4.69, 9.17) is 11.6 Å². The minimum Gasteiger partial charge on any atom is -0.406 e. The van der Waals surface area contributed by atoms with E-state index in [9.17, 15) is 18.0 Å². The summed E-state index contributed by atoms with van der Waals surface area (Å²) in [6.45, 7) is 3.26. The highest BCUT2D eigenvalue weighted by Gasteiger charge is 2.56. The van der Waals surface area contributed by atoms with Gasteiger partial charge in [-0.05, 0) is 41.5 Å². The number of aromatic nitrogens is 2. The Morgan fingerprint density at radius 3 is 2.69 bits per heavy atom. The van der Waals surface area contributed by atoms with Crippen LogP contribution in [0.4, 0.5) is 13.2 Å². The average Bonchev–Trinajstić information content (AvgIpc) is 3.20. The Bertz CT molecular complexity index is 1180. The number of benzene rings is 1. The van der Waals surface area contributed by atoms with Crippen LogP contribution in [-0.4, -0.2) is 51.7 Å². The Hall–Kier alpha value is -2.69. The number of likely N-dealkylation sites (tertiary alicyclic amines) is 1. The van der Waals surface area contributed by atoms with Gasteiger partial charge in [-0.1, -0.05) is 29.8 Å². The van der Waals surface area contributed by atoms with Gasteiger partial charge in [0.1, 0.15) is 16.6 Å². The number of piperidine rings is 1. The number of thiazole rings is 1. The summed E-state index contributed by atoms with van der Waals surface area (Å²) in [5, 5.41) is 2.20. The van der Waals surface area contributed by atoms with Crippen molar-refractivity contribution in [1.82, 2.24) is 19.8 Å². The van der Waals surface area contributed by atoms with Crippen molar-refractivity contribution in [2.45, 2.75) is 19.5 Å². The molecule has 2 aromatic heterocycles. The molecule has 0 N–H and O–H groups in total. The van der Waals surface area contributed by atoms with Gasteiger partial charge in [0.2, 0.25) is 0 Å². The predicted molar refractivity (Wildman–Crippen MR) is 125 cm³/mol. The van der Waals surface area contributed by atoms with E-state index in [1.165, 1.54) is 29.5 Å². The quantitative estimate of drug-likeness (QED) is 0.385. The Kier molecular flexibility index (Phi) is 6.69. The molecule has 1 saturated carbocycles. The molecule has 5 rings (SSSR count). The van der Waals surface area contributed by atoms with Crippen molar-refractivity contribution in [2.75, 3.05) is 19.6 Å². The van der Waals surface area contributed by atoms with Gasteiger partial charge in [-0.25, -0.2) is 9.97 Å². The predicted octanol–water partition coefficient (Wildman–Crippen LogP) is 5.11. The zero-order valence-electron chi connectivity index (χ0n) is 18.5. The standard InChI is InChI=1S/C24H22ClF3N4O2S/c25-22-16(4-2-6-29-22)9-31-10-18-19(11-31)20(18)12-32(23(33)21-13-35-14-30-21)8-15-3-1-5-17(7-15)34-24(26,27)28/h1-7,13-14,18-20H,8-12H2. The van der Waals surface area contributed by atoms with Crippen molar-refractivity contribution >= 4 is 28.8 Å². The molecule has 2 atom stereocenters. The molecule has 1 aromatic carbocycles. The molecule has 11 heteroatoms. The third-order valence-electron chi connectivity index (χ3n) is 6.55. The molecule has 35 heavy (non-hydrogen) atoms. The zero-order chi connectivity index (χ0) is 24.6. The fourth-order valence-corrected chi connectivity index (χ4v) is 5.64. The summed E-state index contributed by atoms with van der Waals surface area (Å²) in [5.74, 6) is 0.751. The van der Waals surface area contributed by atoms with Crippen LogP contribution < -0.4 is 4.74 Å². The van der Waals surface area contributed by atoms with Crippen molar-refractivity contribution in [2.24, 2.45) is 17.8 Å². The van der Waals surface area contributed by atoms with Gasteiger partial charge in [0.25, 0.3) is 5.91 Å². The summed E-state index contributed by atoms with van der Waals surface area (Å²) in [4.78, 5) is 25.5. The monoisotopic (exact) mass is 522 g/mol. The summed E-state index contributed by atoms with van der Waals surface area (Å²) >= 11 is 7.52. The van der Waals surface area contributed by atoms with E-state index in [1.807, 2.05) is 12.1 Å². The van der Waals surface area contributed by atoms with Gasteiger partial charge in [0.05, 0.1) is 5.51 Å². The third kappa shape index (κ3) is 5.76. The van der Waals surface area contributed by atoms with E-state index >= 15 is 0 Å². The number of hydrogen-bond donors (Lipinski definition) is 0. The van der Waals surface area contributed by atoms with Crippen molar-refractivity contribution in [1.29, 1.82) is 0 Å². The molecule has 1 amide bonds. The second-order valence-electron chi connectivity index (χ2n) is 8.89. The van der Waals surface area contributed by atoms with E-state index in [2.05, 4.69) is 19.6 Å². The molecule has 0 spiro atoms. The number of nitrogens with zero attached hydrogens (tertiary/aromatic N) is 4. The topological polar surface area (TPSA) is 58.6 Å². The molecule has 1 aliphatic carbocycles. The summed E-state index contributed by atoms with van der Waals surface area (Å²) in [6.07, 6.45) is -3.10. The Morgan fingerprint density at radius 1 is 1.20 bits per heavy atom. The first-order valence-corrected chi connectivity index (χ1v) is 12.4. The number of carbonyl (C=O) groups excluding carboxylic acids is 1. The second kappa shape index (κ2) is 9.75. The van der Waals surface area contributed by atoms with Gasteiger partial charge in [0.15, 0.2) is 0 Å². The Balaban J connectivity index is 1.25. The molecular weight excluding hydrogens is 501 g/mol. The van der Waals surface area contributed by atoms with Crippen molar-refractivity contribution in [3.63, 3.8) is 0 Å². The van der Waals surface area contributed by atoms with Gasteiger partial charge >= 0.3 is 6.36 Å². The van der Waals surface area contributed by atoms with E-state index in [-0.39, 0.29) is 18.2 Å². The molecule has 2 fully saturated rings. The van der Waals surface area contributed by atoms with Crippen LogP contribution in [0.2, 0.25) is 5.15 Å². The maximum Gasteiger partial charge on any atom is 0.573 e. The average molecular weight is 523 g/mol. The number of halogens is 4.